The first-order valence-corrected chi connectivity index (χ1v) is 8.16. The number of ether oxygens (including phenoxy) is 1. The Labute approximate surface area is 133 Å². The third-order valence-electron chi connectivity index (χ3n) is 3.08. The van der Waals surface area contributed by atoms with E-state index < -0.39 is 5.82 Å². The fraction of sp³-hybridized carbons (Fsp3) is 0.375. The molecule has 0 aliphatic heterocycles. The van der Waals surface area contributed by atoms with E-state index in [-0.39, 0.29) is 5.02 Å². The van der Waals surface area contributed by atoms with E-state index in [9.17, 15) is 4.39 Å². The number of aryl methyl sites for hydroxylation is 1. The summed E-state index contributed by atoms with van der Waals surface area (Å²) in [5, 5.41) is 3.47. The van der Waals surface area contributed by atoms with Crippen molar-refractivity contribution in [3.63, 3.8) is 0 Å². The van der Waals surface area contributed by atoms with E-state index in [2.05, 4.69) is 25.2 Å². The number of hydrogen-bond acceptors (Lipinski definition) is 3. The topological polar surface area (TPSA) is 21.3 Å². The molecule has 0 fully saturated rings. The largest absolute Gasteiger partial charge is 0.489 e. The Bertz CT molecular complexity index is 600. The first-order chi connectivity index (χ1) is 10.1. The van der Waals surface area contributed by atoms with E-state index >= 15 is 0 Å². The highest BCUT2D eigenvalue weighted by atomic mass is 35.5. The van der Waals surface area contributed by atoms with Crippen molar-refractivity contribution in [3.8, 4) is 5.75 Å². The summed E-state index contributed by atoms with van der Waals surface area (Å²) in [6.45, 7) is 6.63. The Morgan fingerprint density at radius 3 is 2.86 bits per heavy atom. The molecule has 0 bridgehead atoms. The molecule has 5 heteroatoms. The lowest BCUT2D eigenvalue weighted by Crippen LogP contribution is -2.12. The van der Waals surface area contributed by atoms with Gasteiger partial charge < -0.3 is 10.1 Å². The average molecular weight is 328 g/mol. The van der Waals surface area contributed by atoms with Gasteiger partial charge in [-0.1, -0.05) is 18.5 Å². The molecule has 0 unspecified atom stereocenters. The van der Waals surface area contributed by atoms with Crippen molar-refractivity contribution in [1.29, 1.82) is 0 Å². The van der Waals surface area contributed by atoms with Crippen molar-refractivity contribution < 1.29 is 9.13 Å². The van der Waals surface area contributed by atoms with Crippen LogP contribution in [0.2, 0.25) is 5.02 Å². The quantitative estimate of drug-likeness (QED) is 0.728. The number of halogens is 2. The molecule has 21 heavy (non-hydrogen) atoms. The zero-order valence-corrected chi connectivity index (χ0v) is 13.8. The van der Waals surface area contributed by atoms with Gasteiger partial charge >= 0.3 is 0 Å². The second-order valence-electron chi connectivity index (χ2n) is 4.84. The lowest BCUT2D eigenvalue weighted by molar-refractivity contribution is 0.305. The summed E-state index contributed by atoms with van der Waals surface area (Å²) < 4.78 is 18.8. The summed E-state index contributed by atoms with van der Waals surface area (Å²) in [6, 6.07) is 6.57. The molecular weight excluding hydrogens is 309 g/mol. The van der Waals surface area contributed by atoms with Crippen molar-refractivity contribution in [1.82, 2.24) is 5.32 Å². The lowest BCUT2D eigenvalue weighted by Gasteiger charge is -2.06. The van der Waals surface area contributed by atoms with Gasteiger partial charge in [0.2, 0.25) is 0 Å². The van der Waals surface area contributed by atoms with E-state index in [0.29, 0.717) is 12.4 Å². The molecule has 1 aromatic carbocycles. The second kappa shape index (κ2) is 7.78. The third kappa shape index (κ3) is 4.70. The predicted octanol–water partition coefficient (Wildman–Crippen LogP) is 4.93. The fourth-order valence-corrected chi connectivity index (χ4v) is 3.12. The molecule has 0 spiro atoms. The van der Waals surface area contributed by atoms with E-state index in [1.54, 1.807) is 17.4 Å². The number of rotatable bonds is 7. The summed E-state index contributed by atoms with van der Waals surface area (Å²) in [5.41, 5.74) is 1.16. The maximum absolute atomic E-state index is 13.1. The predicted molar refractivity (Wildman–Crippen MR) is 86.8 cm³/mol. The maximum atomic E-state index is 13.1. The number of nitrogens with one attached hydrogen (secondary N) is 1. The second-order valence-corrected chi connectivity index (χ2v) is 6.58. The number of hydrogen-bond donors (Lipinski definition) is 1. The SMILES string of the molecule is CCCNCc1cc(COc2ccc(F)c(Cl)c2)c(C)s1. The first kappa shape index (κ1) is 16.3. The van der Waals surface area contributed by atoms with Crippen molar-refractivity contribution in [2.45, 2.75) is 33.4 Å². The minimum atomic E-state index is -0.431. The molecule has 0 amide bonds. The minimum absolute atomic E-state index is 0.0824. The van der Waals surface area contributed by atoms with Gasteiger partial charge in [0, 0.05) is 27.9 Å². The van der Waals surface area contributed by atoms with Gasteiger partial charge in [0.1, 0.15) is 18.2 Å². The van der Waals surface area contributed by atoms with Crippen LogP contribution in [-0.4, -0.2) is 6.54 Å². The highest BCUT2D eigenvalue weighted by molar-refractivity contribution is 7.12. The summed E-state index contributed by atoms with van der Waals surface area (Å²) in [7, 11) is 0. The highest BCUT2D eigenvalue weighted by Gasteiger charge is 2.07. The van der Waals surface area contributed by atoms with Crippen LogP contribution in [0.4, 0.5) is 4.39 Å². The molecule has 0 atom stereocenters. The van der Waals surface area contributed by atoms with E-state index in [1.807, 2.05) is 0 Å². The molecule has 1 N–H and O–H groups in total. The van der Waals surface area contributed by atoms with Crippen LogP contribution in [0.25, 0.3) is 0 Å². The van der Waals surface area contributed by atoms with Gasteiger partial charge in [0.25, 0.3) is 0 Å². The van der Waals surface area contributed by atoms with Gasteiger partial charge in [-0.2, -0.15) is 0 Å². The molecule has 0 saturated carbocycles. The maximum Gasteiger partial charge on any atom is 0.142 e. The first-order valence-electron chi connectivity index (χ1n) is 6.97. The minimum Gasteiger partial charge on any atom is -0.489 e. The third-order valence-corrected chi connectivity index (χ3v) is 4.47. The standard InChI is InChI=1S/C16H19ClFNOS/c1-3-6-19-9-14-7-12(11(2)21-14)10-20-13-4-5-16(18)15(17)8-13/h4-5,7-8,19H,3,6,9-10H2,1-2H3. The van der Waals surface area contributed by atoms with Crippen LogP contribution in [0.15, 0.2) is 24.3 Å². The zero-order chi connectivity index (χ0) is 15.2. The summed E-state index contributed by atoms with van der Waals surface area (Å²) in [5.74, 6) is 0.151. The molecule has 2 nitrogen and oxygen atoms in total. The van der Waals surface area contributed by atoms with Gasteiger partial charge in [-0.3, -0.25) is 0 Å². The number of benzene rings is 1. The molecular formula is C16H19ClFNOS. The summed E-state index contributed by atoms with van der Waals surface area (Å²) >= 11 is 7.52. The molecule has 0 radical (unpaired) electrons. The Kier molecular flexibility index (Phi) is 6.03. The van der Waals surface area contributed by atoms with Crippen LogP contribution in [0.3, 0.4) is 0 Å². The van der Waals surface area contributed by atoms with Gasteiger partial charge in [-0.15, -0.1) is 11.3 Å². The van der Waals surface area contributed by atoms with Crippen LogP contribution in [0, 0.1) is 12.7 Å². The van der Waals surface area contributed by atoms with Gasteiger partial charge in [-0.25, -0.2) is 4.39 Å². The van der Waals surface area contributed by atoms with Crippen LogP contribution in [0.1, 0.15) is 28.7 Å². The van der Waals surface area contributed by atoms with Gasteiger partial charge in [0.05, 0.1) is 5.02 Å². The van der Waals surface area contributed by atoms with Crippen LogP contribution < -0.4 is 10.1 Å². The molecule has 0 saturated heterocycles. The molecule has 0 aliphatic carbocycles. The Balaban J connectivity index is 1.94. The van der Waals surface area contributed by atoms with E-state index in [1.165, 1.54) is 21.9 Å². The fourth-order valence-electron chi connectivity index (χ4n) is 1.93. The molecule has 2 rings (SSSR count). The summed E-state index contributed by atoms with van der Waals surface area (Å²) in [6.07, 6.45) is 1.13. The van der Waals surface area contributed by atoms with Crippen LogP contribution in [0.5, 0.6) is 5.75 Å². The van der Waals surface area contributed by atoms with Gasteiger partial charge in [0.15, 0.2) is 0 Å². The Morgan fingerprint density at radius 1 is 1.33 bits per heavy atom. The van der Waals surface area contributed by atoms with E-state index in [4.69, 9.17) is 16.3 Å². The molecule has 1 aromatic heterocycles. The Hall–Kier alpha value is -1.10. The molecule has 1 heterocycles. The van der Waals surface area contributed by atoms with E-state index in [0.717, 1.165) is 25.1 Å². The summed E-state index contributed by atoms with van der Waals surface area (Å²) in [4.78, 5) is 2.55. The van der Waals surface area contributed by atoms with Crippen LogP contribution in [-0.2, 0) is 13.2 Å². The van der Waals surface area contributed by atoms with Crippen molar-refractivity contribution in [2.24, 2.45) is 0 Å². The monoisotopic (exact) mass is 327 g/mol. The smallest absolute Gasteiger partial charge is 0.142 e. The molecule has 2 aromatic rings. The molecule has 114 valence electrons. The normalized spacial score (nSPS) is 10.9. The lowest BCUT2D eigenvalue weighted by atomic mass is 10.2. The zero-order valence-electron chi connectivity index (χ0n) is 12.2. The van der Waals surface area contributed by atoms with Crippen molar-refractivity contribution in [3.05, 3.63) is 50.4 Å². The van der Waals surface area contributed by atoms with Crippen LogP contribution >= 0.6 is 22.9 Å². The molecule has 0 aliphatic rings. The Morgan fingerprint density at radius 2 is 2.14 bits per heavy atom. The van der Waals surface area contributed by atoms with Crippen molar-refractivity contribution in [2.75, 3.05) is 6.54 Å². The average Bonchev–Trinajstić information content (AvgIpc) is 2.81. The van der Waals surface area contributed by atoms with Crippen molar-refractivity contribution >= 4 is 22.9 Å². The highest BCUT2D eigenvalue weighted by Crippen LogP contribution is 2.25. The van der Waals surface area contributed by atoms with Gasteiger partial charge in [-0.05, 0) is 38.1 Å². The number of thiophene rings is 1.